The first-order chi connectivity index (χ1) is 6.79. The molecule has 1 aromatic rings. The molecule has 0 radical (unpaired) electrons. The van der Waals surface area contributed by atoms with E-state index in [1.54, 1.807) is 0 Å². The molecule has 4 heteroatoms. The van der Waals surface area contributed by atoms with E-state index < -0.39 is 0 Å². The van der Waals surface area contributed by atoms with Gasteiger partial charge in [-0.3, -0.25) is 0 Å². The van der Waals surface area contributed by atoms with E-state index >= 15 is 0 Å². The molecule has 1 fully saturated rings. The van der Waals surface area contributed by atoms with E-state index in [4.69, 9.17) is 5.73 Å². The number of nitrogens with one attached hydrogen (secondary N) is 1. The zero-order valence-electron chi connectivity index (χ0n) is 8.66. The average Bonchev–Trinajstić information content (AvgIpc) is 2.66. The van der Waals surface area contributed by atoms with Crippen LogP contribution < -0.4 is 5.73 Å². The summed E-state index contributed by atoms with van der Waals surface area (Å²) < 4.78 is 0. The molecule has 0 bridgehead atoms. The van der Waals surface area contributed by atoms with E-state index in [0.717, 1.165) is 12.4 Å². The van der Waals surface area contributed by atoms with Crippen LogP contribution in [-0.4, -0.2) is 35.0 Å². The lowest BCUT2D eigenvalue weighted by atomic mass is 9.96. The van der Waals surface area contributed by atoms with Crippen molar-refractivity contribution >= 4 is 0 Å². The molecule has 1 aliphatic rings. The van der Waals surface area contributed by atoms with Crippen LogP contribution in [0.3, 0.4) is 0 Å². The zero-order valence-corrected chi connectivity index (χ0v) is 8.66. The van der Waals surface area contributed by atoms with E-state index in [1.165, 1.54) is 25.1 Å². The summed E-state index contributed by atoms with van der Waals surface area (Å²) in [5.74, 6) is 1.51. The summed E-state index contributed by atoms with van der Waals surface area (Å²) in [4.78, 5) is 9.90. The van der Waals surface area contributed by atoms with Crippen molar-refractivity contribution < 1.29 is 0 Å². The van der Waals surface area contributed by atoms with Crippen molar-refractivity contribution in [3.05, 3.63) is 17.7 Å². The fourth-order valence-electron chi connectivity index (χ4n) is 2.11. The van der Waals surface area contributed by atoms with Crippen molar-refractivity contribution in [1.29, 1.82) is 0 Å². The van der Waals surface area contributed by atoms with Gasteiger partial charge in [0.05, 0.1) is 6.54 Å². The molecule has 0 amide bonds. The number of rotatable bonds is 2. The number of H-pyrrole nitrogens is 1. The van der Waals surface area contributed by atoms with Crippen molar-refractivity contribution in [1.82, 2.24) is 14.9 Å². The predicted molar refractivity (Wildman–Crippen MR) is 56.0 cm³/mol. The third kappa shape index (κ3) is 1.96. The Labute approximate surface area is 84.5 Å². The first-order valence-electron chi connectivity index (χ1n) is 5.22. The number of nitrogens with two attached hydrogens (primary N) is 1. The highest BCUT2D eigenvalue weighted by molar-refractivity contribution is 5.09. The maximum Gasteiger partial charge on any atom is 0.120 e. The third-order valence-corrected chi connectivity index (χ3v) is 2.91. The second-order valence-corrected chi connectivity index (χ2v) is 4.09. The van der Waals surface area contributed by atoms with Crippen LogP contribution >= 0.6 is 0 Å². The minimum atomic E-state index is 0.503. The molecule has 0 aliphatic carbocycles. The van der Waals surface area contributed by atoms with Crippen LogP contribution in [0.2, 0.25) is 0 Å². The first kappa shape index (κ1) is 9.68. The molecule has 0 aromatic carbocycles. The highest BCUT2D eigenvalue weighted by Gasteiger charge is 2.20. The average molecular weight is 194 g/mol. The van der Waals surface area contributed by atoms with Gasteiger partial charge in [-0.25, -0.2) is 4.98 Å². The van der Waals surface area contributed by atoms with Crippen LogP contribution in [0.15, 0.2) is 6.20 Å². The number of likely N-dealkylation sites (tertiary alicyclic amines) is 1. The normalized spacial score (nSPS) is 24.0. The molecule has 2 rings (SSSR count). The van der Waals surface area contributed by atoms with E-state index in [2.05, 4.69) is 21.9 Å². The Balaban J connectivity index is 2.06. The summed E-state index contributed by atoms with van der Waals surface area (Å²) in [5, 5.41) is 0. The quantitative estimate of drug-likeness (QED) is 0.728. The summed E-state index contributed by atoms with van der Waals surface area (Å²) in [5.41, 5.74) is 6.76. The summed E-state index contributed by atoms with van der Waals surface area (Å²) >= 11 is 0. The molecule has 4 nitrogen and oxygen atoms in total. The number of imidazole rings is 1. The van der Waals surface area contributed by atoms with Crippen molar-refractivity contribution in [2.75, 3.05) is 20.1 Å². The van der Waals surface area contributed by atoms with Crippen LogP contribution in [0.1, 0.15) is 30.3 Å². The number of hydrogen-bond acceptors (Lipinski definition) is 3. The van der Waals surface area contributed by atoms with Crippen LogP contribution in [0.25, 0.3) is 0 Å². The zero-order chi connectivity index (χ0) is 9.97. The lowest BCUT2D eigenvalue weighted by Crippen LogP contribution is -2.30. The van der Waals surface area contributed by atoms with Crippen LogP contribution in [0.5, 0.6) is 0 Å². The Bertz CT molecular complexity index is 294. The van der Waals surface area contributed by atoms with Crippen LogP contribution in [0.4, 0.5) is 0 Å². The van der Waals surface area contributed by atoms with Crippen molar-refractivity contribution in [3.63, 3.8) is 0 Å². The number of likely N-dealkylation sites (N-methyl/N-ethyl adjacent to an activating group) is 1. The number of piperidine rings is 1. The summed E-state index contributed by atoms with van der Waals surface area (Å²) in [7, 11) is 2.17. The Kier molecular flexibility index (Phi) is 2.84. The summed E-state index contributed by atoms with van der Waals surface area (Å²) in [6.07, 6.45) is 4.47. The third-order valence-electron chi connectivity index (χ3n) is 2.91. The van der Waals surface area contributed by atoms with Gasteiger partial charge in [0.2, 0.25) is 0 Å². The molecule has 2 heterocycles. The molecule has 3 N–H and O–H groups in total. The molecule has 14 heavy (non-hydrogen) atoms. The van der Waals surface area contributed by atoms with Gasteiger partial charge in [-0.15, -0.1) is 0 Å². The standard InChI is InChI=1S/C10H18N4/c1-14-4-2-3-8(7-14)9-6-12-10(5-11)13-9/h6,8H,2-5,7,11H2,1H3,(H,12,13). The Morgan fingerprint density at radius 3 is 3.21 bits per heavy atom. The number of aromatic nitrogens is 2. The van der Waals surface area contributed by atoms with Crippen molar-refractivity contribution in [2.45, 2.75) is 25.3 Å². The maximum absolute atomic E-state index is 5.52. The highest BCUT2D eigenvalue weighted by Crippen LogP contribution is 2.24. The molecule has 1 unspecified atom stereocenters. The van der Waals surface area contributed by atoms with Crippen molar-refractivity contribution in [2.24, 2.45) is 5.73 Å². The smallest absolute Gasteiger partial charge is 0.120 e. The van der Waals surface area contributed by atoms with Gasteiger partial charge in [-0.1, -0.05) is 0 Å². The fraction of sp³-hybridized carbons (Fsp3) is 0.700. The lowest BCUT2D eigenvalue weighted by Gasteiger charge is -2.28. The summed E-state index contributed by atoms with van der Waals surface area (Å²) in [6, 6.07) is 0. The Hall–Kier alpha value is -0.870. The van der Waals surface area contributed by atoms with Gasteiger partial charge in [0.1, 0.15) is 5.82 Å². The highest BCUT2D eigenvalue weighted by atomic mass is 15.1. The molecule has 78 valence electrons. The molecular formula is C10H18N4. The largest absolute Gasteiger partial charge is 0.345 e. The van der Waals surface area contributed by atoms with Gasteiger partial charge in [-0.2, -0.15) is 0 Å². The summed E-state index contributed by atoms with van der Waals surface area (Å²) in [6.45, 7) is 2.85. The van der Waals surface area contributed by atoms with Gasteiger partial charge in [0.15, 0.2) is 0 Å². The van der Waals surface area contributed by atoms with E-state index in [0.29, 0.717) is 12.5 Å². The number of hydrogen-bond donors (Lipinski definition) is 2. The Morgan fingerprint density at radius 2 is 2.57 bits per heavy atom. The van der Waals surface area contributed by atoms with Crippen LogP contribution in [0, 0.1) is 0 Å². The molecule has 1 saturated heterocycles. The minimum Gasteiger partial charge on any atom is -0.345 e. The number of aromatic amines is 1. The lowest BCUT2D eigenvalue weighted by molar-refractivity contribution is 0.248. The van der Waals surface area contributed by atoms with Gasteiger partial charge >= 0.3 is 0 Å². The van der Waals surface area contributed by atoms with Gasteiger partial charge in [0, 0.05) is 24.4 Å². The minimum absolute atomic E-state index is 0.503. The molecule has 1 atom stereocenters. The SMILES string of the molecule is CN1CCCC(c2cnc(CN)[nH]2)C1. The Morgan fingerprint density at radius 1 is 1.71 bits per heavy atom. The van der Waals surface area contributed by atoms with Crippen molar-refractivity contribution in [3.8, 4) is 0 Å². The molecule has 1 aromatic heterocycles. The van der Waals surface area contributed by atoms with Gasteiger partial charge in [-0.05, 0) is 26.4 Å². The predicted octanol–water partition coefficient (Wildman–Crippen LogP) is 0.678. The fourth-order valence-corrected chi connectivity index (χ4v) is 2.11. The van der Waals surface area contributed by atoms with Gasteiger partial charge < -0.3 is 15.6 Å². The monoisotopic (exact) mass is 194 g/mol. The molecule has 0 spiro atoms. The first-order valence-corrected chi connectivity index (χ1v) is 5.22. The second-order valence-electron chi connectivity index (χ2n) is 4.09. The van der Waals surface area contributed by atoms with E-state index in [-0.39, 0.29) is 0 Å². The molecular weight excluding hydrogens is 176 g/mol. The molecule has 1 aliphatic heterocycles. The van der Waals surface area contributed by atoms with Gasteiger partial charge in [0.25, 0.3) is 0 Å². The van der Waals surface area contributed by atoms with E-state index in [9.17, 15) is 0 Å². The van der Waals surface area contributed by atoms with E-state index in [1.807, 2.05) is 6.20 Å². The second kappa shape index (κ2) is 4.11. The number of nitrogens with zero attached hydrogens (tertiary/aromatic N) is 2. The topological polar surface area (TPSA) is 57.9 Å². The maximum atomic E-state index is 5.52. The molecule has 0 saturated carbocycles. The van der Waals surface area contributed by atoms with Crippen LogP contribution in [-0.2, 0) is 6.54 Å².